The molecule has 0 aromatic heterocycles. The molecule has 32 heavy (non-hydrogen) atoms. The maximum Gasteiger partial charge on any atom is 0.307 e. The van der Waals surface area contributed by atoms with Crippen molar-refractivity contribution in [1.82, 2.24) is 9.80 Å². The van der Waals surface area contributed by atoms with Crippen molar-refractivity contribution in [3.05, 3.63) is 28.7 Å². The number of carbonyl (C=O) groups excluding carboxylic acids is 3. The maximum atomic E-state index is 12.7. The molecule has 0 aliphatic carbocycles. The van der Waals surface area contributed by atoms with Crippen molar-refractivity contribution < 1.29 is 33.3 Å². The second kappa shape index (κ2) is 11.3. The van der Waals surface area contributed by atoms with E-state index < -0.39 is 5.97 Å². The molecule has 0 N–H and O–H groups in total. The zero-order valence-electron chi connectivity index (χ0n) is 17.8. The summed E-state index contributed by atoms with van der Waals surface area (Å²) in [5, 5.41) is 0. The summed E-state index contributed by atoms with van der Waals surface area (Å²) in [4.78, 5) is 39.8. The lowest BCUT2D eigenvalue weighted by Crippen LogP contribution is -2.43. The van der Waals surface area contributed by atoms with Crippen molar-refractivity contribution in [3.63, 3.8) is 0 Å². The zero-order valence-corrected chi connectivity index (χ0v) is 19.5. The van der Waals surface area contributed by atoms with Gasteiger partial charge >= 0.3 is 5.97 Å². The van der Waals surface area contributed by atoms with Crippen LogP contribution in [0.3, 0.4) is 0 Å². The Bertz CT molecular complexity index is 929. The summed E-state index contributed by atoms with van der Waals surface area (Å²) in [6.45, 7) is 2.22. The molecule has 0 radical (unpaired) electrons. The summed E-state index contributed by atoms with van der Waals surface area (Å²) in [7, 11) is 2.80. The number of thioether (sulfide) groups is 1. The molecule has 2 aliphatic heterocycles. The lowest BCUT2D eigenvalue weighted by molar-refractivity contribution is -0.141. The fourth-order valence-electron chi connectivity index (χ4n) is 3.09. The molecule has 9 nitrogen and oxygen atoms in total. The van der Waals surface area contributed by atoms with E-state index >= 15 is 0 Å². The molecule has 2 heterocycles. The highest BCUT2D eigenvalue weighted by molar-refractivity contribution is 8.26. The van der Waals surface area contributed by atoms with E-state index in [-0.39, 0.29) is 31.4 Å². The van der Waals surface area contributed by atoms with Crippen molar-refractivity contribution in [1.29, 1.82) is 0 Å². The monoisotopic (exact) mass is 480 g/mol. The van der Waals surface area contributed by atoms with Gasteiger partial charge in [-0.3, -0.25) is 19.3 Å². The van der Waals surface area contributed by atoms with E-state index in [0.29, 0.717) is 52.6 Å². The van der Waals surface area contributed by atoms with Crippen LogP contribution in [0.1, 0.15) is 12.0 Å². The van der Waals surface area contributed by atoms with Crippen molar-refractivity contribution in [2.45, 2.75) is 6.42 Å². The number of benzene rings is 1. The van der Waals surface area contributed by atoms with Crippen molar-refractivity contribution in [2.24, 2.45) is 0 Å². The lowest BCUT2D eigenvalue weighted by atomic mass is 10.2. The van der Waals surface area contributed by atoms with Crippen molar-refractivity contribution in [3.8, 4) is 11.5 Å². The Morgan fingerprint density at radius 3 is 2.66 bits per heavy atom. The first-order chi connectivity index (χ1) is 15.4. The van der Waals surface area contributed by atoms with Crippen LogP contribution in [0.4, 0.5) is 0 Å². The Hall–Kier alpha value is -2.63. The Morgan fingerprint density at radius 2 is 1.97 bits per heavy atom. The highest BCUT2D eigenvalue weighted by Gasteiger charge is 2.32. The fraction of sp³-hybridized carbons (Fsp3) is 0.429. The number of hydrogen-bond acceptors (Lipinski definition) is 9. The lowest BCUT2D eigenvalue weighted by Gasteiger charge is -2.26. The van der Waals surface area contributed by atoms with Gasteiger partial charge in [0.2, 0.25) is 0 Å². The number of carbonyl (C=O) groups is 3. The summed E-state index contributed by atoms with van der Waals surface area (Å²) < 4.78 is 21.3. The normalized spacial score (nSPS) is 17.6. The standard InChI is InChI=1S/C21H24N2O7S2/c1-27-16-11-14(3-4-15(16)30-13-18(24)22-7-9-29-10-8-22)12-17-20(26)23(21(31)32-17)6-5-19(25)28-2/h3-4,11-12H,5-10,13H2,1-2H3/b17-12+. The van der Waals surface area contributed by atoms with Crippen LogP contribution in [-0.4, -0.2) is 85.6 Å². The molecule has 172 valence electrons. The highest BCUT2D eigenvalue weighted by atomic mass is 32.2. The van der Waals surface area contributed by atoms with Gasteiger partial charge in [-0.1, -0.05) is 30.0 Å². The minimum absolute atomic E-state index is 0.0687. The summed E-state index contributed by atoms with van der Waals surface area (Å²) in [6, 6.07) is 5.17. The number of nitrogens with zero attached hydrogens (tertiary/aromatic N) is 2. The van der Waals surface area contributed by atoms with Crippen LogP contribution < -0.4 is 9.47 Å². The van der Waals surface area contributed by atoms with Gasteiger partial charge in [-0.15, -0.1) is 0 Å². The van der Waals surface area contributed by atoms with E-state index in [9.17, 15) is 14.4 Å². The van der Waals surface area contributed by atoms with Crippen LogP contribution in [0.15, 0.2) is 23.1 Å². The van der Waals surface area contributed by atoms with Gasteiger partial charge in [0.15, 0.2) is 18.1 Å². The number of hydrogen-bond donors (Lipinski definition) is 0. The quantitative estimate of drug-likeness (QED) is 0.313. The Labute approximate surface area is 195 Å². The summed E-state index contributed by atoms with van der Waals surface area (Å²) in [5.74, 6) is 0.0800. The smallest absolute Gasteiger partial charge is 0.307 e. The number of morpholine rings is 1. The van der Waals surface area contributed by atoms with E-state index in [1.165, 1.54) is 30.9 Å². The minimum Gasteiger partial charge on any atom is -0.493 e. The molecule has 0 saturated carbocycles. The van der Waals surface area contributed by atoms with Gasteiger partial charge in [-0.25, -0.2) is 0 Å². The summed E-state index contributed by atoms with van der Waals surface area (Å²) >= 11 is 6.44. The molecular weight excluding hydrogens is 456 g/mol. The number of thiocarbonyl (C=S) groups is 1. The van der Waals surface area contributed by atoms with E-state index in [1.54, 1.807) is 29.2 Å². The molecule has 2 amide bonds. The Balaban J connectivity index is 1.65. The zero-order chi connectivity index (χ0) is 23.1. The molecule has 2 fully saturated rings. The highest BCUT2D eigenvalue weighted by Crippen LogP contribution is 2.34. The van der Waals surface area contributed by atoms with E-state index in [0.717, 1.165) is 0 Å². The second-order valence-electron chi connectivity index (χ2n) is 6.85. The average molecular weight is 481 g/mol. The molecule has 0 atom stereocenters. The molecule has 1 aromatic carbocycles. The van der Waals surface area contributed by atoms with Crippen LogP contribution >= 0.6 is 24.0 Å². The SMILES string of the molecule is COC(=O)CCN1C(=O)/C(=C\c2ccc(OCC(=O)N3CCOCC3)c(OC)c2)SC1=S. The molecule has 2 aliphatic rings. The summed E-state index contributed by atoms with van der Waals surface area (Å²) in [6.07, 6.45) is 1.77. The molecule has 2 saturated heterocycles. The Morgan fingerprint density at radius 1 is 1.22 bits per heavy atom. The molecular formula is C21H24N2O7S2. The van der Waals surface area contributed by atoms with Gasteiger partial charge in [-0.05, 0) is 23.8 Å². The van der Waals surface area contributed by atoms with Crippen molar-refractivity contribution in [2.75, 3.05) is 53.7 Å². The first-order valence-electron chi connectivity index (χ1n) is 9.91. The van der Waals surface area contributed by atoms with Gasteiger partial charge in [-0.2, -0.15) is 0 Å². The van der Waals surface area contributed by atoms with Crippen LogP contribution in [0.25, 0.3) is 6.08 Å². The number of methoxy groups -OCH3 is 2. The number of amides is 2. The molecule has 0 bridgehead atoms. The summed E-state index contributed by atoms with van der Waals surface area (Å²) in [5.41, 5.74) is 0.710. The third kappa shape index (κ3) is 5.99. The van der Waals surface area contributed by atoms with Gasteiger partial charge in [0, 0.05) is 19.6 Å². The van der Waals surface area contributed by atoms with E-state index in [4.69, 9.17) is 26.4 Å². The number of esters is 1. The second-order valence-corrected chi connectivity index (χ2v) is 8.53. The fourth-order valence-corrected chi connectivity index (χ4v) is 4.39. The van der Waals surface area contributed by atoms with Crippen LogP contribution in [0, 0.1) is 0 Å². The van der Waals surface area contributed by atoms with Crippen LogP contribution in [0.5, 0.6) is 11.5 Å². The van der Waals surface area contributed by atoms with Crippen molar-refractivity contribution >= 4 is 52.2 Å². The molecule has 0 spiro atoms. The topological polar surface area (TPSA) is 94.6 Å². The first-order valence-corrected chi connectivity index (χ1v) is 11.1. The predicted octanol–water partition coefficient (Wildman–Crippen LogP) is 1.70. The van der Waals surface area contributed by atoms with Gasteiger partial charge in [0.05, 0.1) is 38.8 Å². The number of rotatable bonds is 8. The number of ether oxygens (including phenoxy) is 4. The minimum atomic E-state index is -0.407. The Kier molecular flexibility index (Phi) is 8.48. The van der Waals surface area contributed by atoms with Crippen LogP contribution in [0.2, 0.25) is 0 Å². The molecule has 1 aromatic rings. The maximum absolute atomic E-state index is 12.7. The third-order valence-electron chi connectivity index (χ3n) is 4.84. The van der Waals surface area contributed by atoms with Crippen LogP contribution in [-0.2, 0) is 23.9 Å². The third-order valence-corrected chi connectivity index (χ3v) is 6.22. The molecule has 3 rings (SSSR count). The predicted molar refractivity (Wildman–Crippen MR) is 122 cm³/mol. The first kappa shape index (κ1) is 24.0. The molecule has 11 heteroatoms. The van der Waals surface area contributed by atoms with E-state index in [2.05, 4.69) is 4.74 Å². The van der Waals surface area contributed by atoms with Gasteiger partial charge in [0.1, 0.15) is 4.32 Å². The van der Waals surface area contributed by atoms with Gasteiger partial charge in [0.25, 0.3) is 11.8 Å². The largest absolute Gasteiger partial charge is 0.493 e. The van der Waals surface area contributed by atoms with Gasteiger partial charge < -0.3 is 23.8 Å². The molecule has 0 unspecified atom stereocenters. The van der Waals surface area contributed by atoms with E-state index in [1.807, 2.05) is 0 Å². The average Bonchev–Trinajstić information content (AvgIpc) is 3.08.